The molecule has 1 N–H and O–H groups in total. The molecule has 1 amide bonds. The van der Waals surface area contributed by atoms with Crippen LogP contribution in [0.2, 0.25) is 0 Å². The number of hydrogen-bond donors (Lipinski definition) is 1. The molecule has 9 nitrogen and oxygen atoms in total. The van der Waals surface area contributed by atoms with Crippen molar-refractivity contribution >= 4 is 33.7 Å². The van der Waals surface area contributed by atoms with E-state index in [0.717, 1.165) is 27.3 Å². The molecule has 3 aromatic carbocycles. The number of nitrogens with zero attached hydrogens (tertiary/aromatic N) is 2. The summed E-state index contributed by atoms with van der Waals surface area (Å²) in [7, 11) is 0. The van der Waals surface area contributed by atoms with Gasteiger partial charge in [0, 0.05) is 11.1 Å². The van der Waals surface area contributed by atoms with E-state index in [4.69, 9.17) is 13.9 Å². The van der Waals surface area contributed by atoms with Gasteiger partial charge in [-0.2, -0.15) is 13.2 Å². The molecule has 0 atom stereocenters. The highest BCUT2D eigenvalue weighted by atomic mass is 19.4. The molecule has 0 saturated carbocycles. The van der Waals surface area contributed by atoms with Crippen LogP contribution in [0.4, 0.5) is 18.9 Å². The zero-order valence-corrected chi connectivity index (χ0v) is 19.9. The minimum absolute atomic E-state index is 0.0530. The van der Waals surface area contributed by atoms with E-state index < -0.39 is 35.4 Å². The molecule has 0 bridgehead atoms. The van der Waals surface area contributed by atoms with Crippen LogP contribution in [0, 0.1) is 0 Å². The van der Waals surface area contributed by atoms with Crippen molar-refractivity contribution in [3.8, 4) is 11.5 Å². The predicted octanol–water partition coefficient (Wildman–Crippen LogP) is 4.34. The minimum atomic E-state index is -4.59. The minimum Gasteiger partial charge on any atom is -0.454 e. The lowest BCUT2D eigenvalue weighted by Crippen LogP contribution is -2.41. The summed E-state index contributed by atoms with van der Waals surface area (Å²) in [5.41, 5.74) is -1.65. The molecule has 1 aliphatic heterocycles. The molecule has 39 heavy (non-hydrogen) atoms. The summed E-state index contributed by atoms with van der Waals surface area (Å²) >= 11 is 0. The molecule has 0 aliphatic carbocycles. The fourth-order valence-corrected chi connectivity index (χ4v) is 4.52. The van der Waals surface area contributed by atoms with Gasteiger partial charge in [0.15, 0.2) is 11.5 Å². The van der Waals surface area contributed by atoms with E-state index in [2.05, 4.69) is 5.32 Å². The van der Waals surface area contributed by atoms with Gasteiger partial charge >= 0.3 is 11.9 Å². The van der Waals surface area contributed by atoms with Gasteiger partial charge in [0.2, 0.25) is 18.3 Å². The quantitative estimate of drug-likeness (QED) is 0.358. The number of anilines is 1. The second-order valence-corrected chi connectivity index (χ2v) is 8.85. The van der Waals surface area contributed by atoms with Gasteiger partial charge in [-0.15, -0.1) is 0 Å². The van der Waals surface area contributed by atoms with Crippen molar-refractivity contribution < 1.29 is 31.9 Å². The van der Waals surface area contributed by atoms with E-state index in [0.29, 0.717) is 28.0 Å². The number of halogens is 3. The second-order valence-electron chi connectivity index (χ2n) is 8.85. The van der Waals surface area contributed by atoms with Crippen LogP contribution in [0.15, 0.2) is 80.7 Å². The summed E-state index contributed by atoms with van der Waals surface area (Å²) in [4.78, 5) is 40.0. The third-order valence-electron chi connectivity index (χ3n) is 6.29. The van der Waals surface area contributed by atoms with Gasteiger partial charge < -0.3 is 19.2 Å². The lowest BCUT2D eigenvalue weighted by molar-refractivity contribution is -0.137. The van der Waals surface area contributed by atoms with E-state index in [9.17, 15) is 27.6 Å². The number of para-hydroxylation sites is 1. The largest absolute Gasteiger partial charge is 0.454 e. The molecule has 12 heteroatoms. The number of furan rings is 1. The van der Waals surface area contributed by atoms with Gasteiger partial charge in [-0.3, -0.25) is 18.7 Å². The Balaban J connectivity index is 1.43. The summed E-state index contributed by atoms with van der Waals surface area (Å²) in [5.74, 6) is 0.227. The Hall–Kier alpha value is -5.00. The fraction of sp³-hybridized carbons (Fsp3) is 0.148. The fourth-order valence-electron chi connectivity index (χ4n) is 4.52. The van der Waals surface area contributed by atoms with Crippen LogP contribution in [-0.4, -0.2) is 21.8 Å². The molecule has 0 fully saturated rings. The maximum absolute atomic E-state index is 13.7. The number of fused-ring (bicyclic) bond motifs is 4. The number of carbonyl (C=O) groups is 1. The first-order chi connectivity index (χ1) is 18.7. The molecule has 2 aromatic heterocycles. The number of alkyl halides is 3. The van der Waals surface area contributed by atoms with Crippen LogP contribution in [0.25, 0.3) is 22.1 Å². The third kappa shape index (κ3) is 4.39. The van der Waals surface area contributed by atoms with E-state index in [-0.39, 0.29) is 30.1 Å². The molecule has 0 spiro atoms. The third-order valence-corrected chi connectivity index (χ3v) is 6.29. The van der Waals surface area contributed by atoms with Crippen molar-refractivity contribution in [3.63, 3.8) is 0 Å². The summed E-state index contributed by atoms with van der Waals surface area (Å²) in [6.07, 6.45) is -4.59. The van der Waals surface area contributed by atoms with Gasteiger partial charge in [0.25, 0.3) is 5.56 Å². The maximum atomic E-state index is 13.7. The van der Waals surface area contributed by atoms with Crippen molar-refractivity contribution in [2.75, 3.05) is 12.1 Å². The Morgan fingerprint density at radius 3 is 2.54 bits per heavy atom. The summed E-state index contributed by atoms with van der Waals surface area (Å²) in [6, 6.07) is 15.8. The highest BCUT2D eigenvalue weighted by molar-refractivity contribution is 6.03. The standard InChI is InChI=1S/C27H18F3N3O6/c28-27(29,30)16-4-3-5-17(11-16)31-22(34)13-32-23-18-6-1-2-7-19(18)39-24(23)25(35)33(26(32)36)12-15-8-9-20-21(10-15)38-14-37-20/h1-11H,12-14H2,(H,31,34). The Morgan fingerprint density at radius 1 is 0.923 bits per heavy atom. The van der Waals surface area contributed by atoms with Crippen molar-refractivity contribution in [1.82, 2.24) is 9.13 Å². The first kappa shape index (κ1) is 24.3. The van der Waals surface area contributed by atoms with Crippen molar-refractivity contribution in [2.24, 2.45) is 0 Å². The monoisotopic (exact) mass is 537 g/mol. The lowest BCUT2D eigenvalue weighted by atomic mass is 10.2. The maximum Gasteiger partial charge on any atom is 0.416 e. The first-order valence-electron chi connectivity index (χ1n) is 11.7. The number of amides is 1. The number of carbonyl (C=O) groups excluding carboxylic acids is 1. The van der Waals surface area contributed by atoms with Crippen LogP contribution >= 0.6 is 0 Å². The van der Waals surface area contributed by atoms with Crippen LogP contribution in [0.3, 0.4) is 0 Å². The summed E-state index contributed by atoms with van der Waals surface area (Å²) < 4.78 is 57.8. The van der Waals surface area contributed by atoms with Crippen molar-refractivity contribution in [2.45, 2.75) is 19.3 Å². The molecule has 0 saturated heterocycles. The number of hydrogen-bond acceptors (Lipinski definition) is 6. The Bertz CT molecular complexity index is 1890. The highest BCUT2D eigenvalue weighted by Crippen LogP contribution is 2.33. The molecule has 1 aliphatic rings. The molecule has 0 radical (unpaired) electrons. The SMILES string of the molecule is O=C(Cn1c(=O)n(Cc2ccc3c(c2)OCO3)c(=O)c2oc3ccccc3c21)Nc1cccc(C(F)(F)F)c1. The van der Waals surface area contributed by atoms with Crippen LogP contribution in [-0.2, 0) is 24.1 Å². The second kappa shape index (κ2) is 9.08. The molecule has 0 unspecified atom stereocenters. The lowest BCUT2D eigenvalue weighted by Gasteiger charge is -2.13. The van der Waals surface area contributed by atoms with Crippen LogP contribution in [0.5, 0.6) is 11.5 Å². The molecule has 6 rings (SSSR count). The van der Waals surface area contributed by atoms with Crippen molar-refractivity contribution in [3.05, 3.63) is 98.7 Å². The zero-order chi connectivity index (χ0) is 27.3. The van der Waals surface area contributed by atoms with E-state index >= 15 is 0 Å². The summed E-state index contributed by atoms with van der Waals surface area (Å²) in [6.45, 7) is -0.690. The molecular weight excluding hydrogens is 519 g/mol. The topological polar surface area (TPSA) is 105 Å². The van der Waals surface area contributed by atoms with Gasteiger partial charge in [0.1, 0.15) is 17.6 Å². The van der Waals surface area contributed by atoms with Crippen LogP contribution < -0.4 is 26.0 Å². The van der Waals surface area contributed by atoms with Crippen molar-refractivity contribution in [1.29, 1.82) is 0 Å². The molecular formula is C27H18F3N3O6. The Labute approximate surface area is 216 Å². The van der Waals surface area contributed by atoms with E-state index in [1.165, 1.54) is 6.07 Å². The zero-order valence-electron chi connectivity index (χ0n) is 19.9. The van der Waals surface area contributed by atoms with Gasteiger partial charge in [-0.25, -0.2) is 4.79 Å². The molecule has 5 aromatic rings. The van der Waals surface area contributed by atoms with Gasteiger partial charge in [-0.05, 0) is 48.0 Å². The van der Waals surface area contributed by atoms with Crippen LogP contribution in [0.1, 0.15) is 11.1 Å². The smallest absolute Gasteiger partial charge is 0.416 e. The predicted molar refractivity (Wildman–Crippen MR) is 134 cm³/mol. The van der Waals surface area contributed by atoms with E-state index in [1.54, 1.807) is 42.5 Å². The van der Waals surface area contributed by atoms with Gasteiger partial charge in [0.05, 0.1) is 12.1 Å². The molecule has 3 heterocycles. The Morgan fingerprint density at radius 2 is 1.72 bits per heavy atom. The number of aromatic nitrogens is 2. The average molecular weight is 537 g/mol. The number of benzene rings is 3. The molecule has 198 valence electrons. The first-order valence-corrected chi connectivity index (χ1v) is 11.7. The number of nitrogens with one attached hydrogen (secondary N) is 1. The van der Waals surface area contributed by atoms with Gasteiger partial charge in [-0.1, -0.05) is 24.3 Å². The highest BCUT2D eigenvalue weighted by Gasteiger charge is 2.30. The van der Waals surface area contributed by atoms with E-state index in [1.807, 2.05) is 0 Å². The number of ether oxygens (including phenoxy) is 2. The number of rotatable bonds is 5. The Kier molecular flexibility index (Phi) is 5.67. The normalized spacial score (nSPS) is 12.8. The average Bonchev–Trinajstić information content (AvgIpc) is 3.53. The summed E-state index contributed by atoms with van der Waals surface area (Å²) in [5, 5.41) is 2.83.